The van der Waals surface area contributed by atoms with Gasteiger partial charge in [0, 0.05) is 60.6 Å². The van der Waals surface area contributed by atoms with E-state index in [2.05, 4.69) is 14.9 Å². The van der Waals surface area contributed by atoms with Gasteiger partial charge in [-0.3, -0.25) is 14.4 Å². The minimum Gasteiger partial charge on any atom is -0.505 e. The van der Waals surface area contributed by atoms with E-state index in [0.717, 1.165) is 56.3 Å². The number of pyridine rings is 1. The predicted molar refractivity (Wildman–Crippen MR) is 195 cm³/mol. The summed E-state index contributed by atoms with van der Waals surface area (Å²) in [5.41, 5.74) is 4.61. The first-order chi connectivity index (χ1) is 25.6. The van der Waals surface area contributed by atoms with Crippen LogP contribution in [0.3, 0.4) is 0 Å². The topological polar surface area (TPSA) is 117 Å². The van der Waals surface area contributed by atoms with Gasteiger partial charge in [-0.05, 0) is 75.5 Å². The molecule has 272 valence electrons. The lowest BCUT2D eigenvalue weighted by Crippen LogP contribution is -2.43. The summed E-state index contributed by atoms with van der Waals surface area (Å²) in [5.74, 6) is -1.88. The van der Waals surface area contributed by atoms with Gasteiger partial charge < -0.3 is 19.6 Å². The first-order valence-corrected chi connectivity index (χ1v) is 18.4. The van der Waals surface area contributed by atoms with Gasteiger partial charge >= 0.3 is 6.01 Å². The number of carbonyl (C=O) groups excluding carboxylic acids is 1. The third-order valence-electron chi connectivity index (χ3n) is 12.0. The van der Waals surface area contributed by atoms with Crippen LogP contribution >= 0.6 is 0 Å². The summed E-state index contributed by atoms with van der Waals surface area (Å²) in [6, 6.07) is 7.99. The number of hydrogen-bond acceptors (Lipinski definition) is 9. The van der Waals surface area contributed by atoms with Gasteiger partial charge in [0.25, 0.3) is 5.91 Å². The van der Waals surface area contributed by atoms with Crippen molar-refractivity contribution in [3.8, 4) is 23.0 Å². The number of anilines is 1. The van der Waals surface area contributed by atoms with Crippen LogP contribution in [-0.2, 0) is 13.1 Å². The number of halogens is 2. The van der Waals surface area contributed by atoms with E-state index >= 15 is 8.78 Å². The molecular formula is C39H39F2N9O3. The van der Waals surface area contributed by atoms with E-state index in [1.807, 2.05) is 23.7 Å². The maximum absolute atomic E-state index is 16.0. The summed E-state index contributed by atoms with van der Waals surface area (Å²) in [6.45, 7) is 6.17. The molecule has 0 spiro atoms. The molecule has 14 heteroatoms. The SMILES string of the molecule is CC1c2c(n3nccc3c3c(N4CCCn5nc(C(=O)N(C)C)cc5C4)nc(OCC45CCCN4CCC5)nc23)-c2cc(O)c(F)c3ccc(F)c1c23. The Bertz CT molecular complexity index is 2520. The molecule has 7 heterocycles. The van der Waals surface area contributed by atoms with Gasteiger partial charge in [-0.25, -0.2) is 13.3 Å². The Morgan fingerprint density at radius 1 is 1.02 bits per heavy atom. The molecule has 0 bridgehead atoms. The number of benzene rings is 2. The van der Waals surface area contributed by atoms with Crippen molar-refractivity contribution in [2.75, 3.05) is 45.2 Å². The van der Waals surface area contributed by atoms with Crippen LogP contribution in [0.15, 0.2) is 36.5 Å². The standard InChI is InChI=1S/C39H39F2N9O3/c1-21-29-25(40)8-7-23-31(29)24(18-28(51)33(23)41)35-30(21)34-32(27-9-12-42-50(27)35)36(44-38(43-34)53-20-39-10-4-14-48(39)15-5-11-39)47-13-6-16-49-22(19-47)17-26(45-49)37(52)46(2)3/h7-9,12,17-18,21,51H,4-6,10-11,13-16,19-20H2,1-3H3. The number of ether oxygens (including phenoxy) is 1. The lowest BCUT2D eigenvalue weighted by molar-refractivity contribution is 0.0821. The number of aromatic hydroxyl groups is 1. The fraction of sp³-hybridized carbons (Fsp3) is 0.410. The highest BCUT2D eigenvalue weighted by Crippen LogP contribution is 2.52. The quantitative estimate of drug-likeness (QED) is 0.234. The van der Waals surface area contributed by atoms with Crippen LogP contribution in [0.2, 0.25) is 0 Å². The van der Waals surface area contributed by atoms with Crippen LogP contribution in [0.25, 0.3) is 38.4 Å². The van der Waals surface area contributed by atoms with Crippen molar-refractivity contribution >= 4 is 38.9 Å². The van der Waals surface area contributed by atoms with Crippen molar-refractivity contribution in [2.24, 2.45) is 0 Å². The van der Waals surface area contributed by atoms with Gasteiger partial charge in [-0.15, -0.1) is 0 Å². The lowest BCUT2D eigenvalue weighted by atomic mass is 9.78. The van der Waals surface area contributed by atoms with E-state index in [9.17, 15) is 9.90 Å². The van der Waals surface area contributed by atoms with Crippen molar-refractivity contribution in [3.63, 3.8) is 0 Å². The minimum absolute atomic E-state index is 0.0512. The lowest BCUT2D eigenvalue weighted by Gasteiger charge is -2.32. The van der Waals surface area contributed by atoms with Crippen molar-refractivity contribution in [3.05, 3.63) is 70.7 Å². The van der Waals surface area contributed by atoms with Gasteiger partial charge in [-0.2, -0.15) is 20.2 Å². The van der Waals surface area contributed by atoms with Gasteiger partial charge in [0.2, 0.25) is 0 Å². The van der Waals surface area contributed by atoms with Gasteiger partial charge in [0.15, 0.2) is 17.3 Å². The van der Waals surface area contributed by atoms with Crippen LogP contribution in [0.1, 0.15) is 72.3 Å². The molecule has 53 heavy (non-hydrogen) atoms. The van der Waals surface area contributed by atoms with Crippen LogP contribution < -0.4 is 9.64 Å². The highest BCUT2D eigenvalue weighted by molar-refractivity contribution is 6.11. The second-order valence-corrected chi connectivity index (χ2v) is 15.2. The van der Waals surface area contributed by atoms with Crippen LogP contribution in [0.4, 0.5) is 14.6 Å². The molecule has 2 aromatic carbocycles. The number of phenolic OH excluding ortho intramolecular Hbond substituents is 1. The third kappa shape index (κ3) is 4.63. The second-order valence-electron chi connectivity index (χ2n) is 15.2. The molecule has 1 amide bonds. The van der Waals surface area contributed by atoms with E-state index < -0.39 is 23.3 Å². The third-order valence-corrected chi connectivity index (χ3v) is 12.0. The zero-order chi connectivity index (χ0) is 36.3. The predicted octanol–water partition coefficient (Wildman–Crippen LogP) is 5.86. The summed E-state index contributed by atoms with van der Waals surface area (Å²) in [7, 11) is 3.43. The van der Waals surface area contributed by atoms with E-state index in [1.54, 1.807) is 24.8 Å². The molecule has 12 nitrogen and oxygen atoms in total. The monoisotopic (exact) mass is 719 g/mol. The molecule has 1 N–H and O–H groups in total. The molecule has 1 unspecified atom stereocenters. The molecule has 10 rings (SSSR count). The highest BCUT2D eigenvalue weighted by atomic mass is 19.1. The number of carbonyl (C=O) groups is 1. The number of nitrogens with zero attached hydrogens (tertiary/aromatic N) is 9. The van der Waals surface area contributed by atoms with Gasteiger partial charge in [0.1, 0.15) is 18.2 Å². The van der Waals surface area contributed by atoms with Crippen LogP contribution in [0.5, 0.6) is 11.8 Å². The largest absolute Gasteiger partial charge is 0.505 e. The average molecular weight is 720 g/mol. The zero-order valence-corrected chi connectivity index (χ0v) is 29.9. The molecule has 2 fully saturated rings. The summed E-state index contributed by atoms with van der Waals surface area (Å²) in [4.78, 5) is 29.5. The van der Waals surface area contributed by atoms with Gasteiger partial charge in [-0.1, -0.05) is 6.92 Å². The number of amides is 1. The molecule has 0 saturated carbocycles. The molecule has 4 aromatic heterocycles. The maximum Gasteiger partial charge on any atom is 0.319 e. The number of rotatable bonds is 5. The average Bonchev–Trinajstić information content (AvgIpc) is 3.93. The summed E-state index contributed by atoms with van der Waals surface area (Å²) in [5, 5.41) is 21.5. The fourth-order valence-electron chi connectivity index (χ4n) is 9.59. The Morgan fingerprint density at radius 2 is 1.83 bits per heavy atom. The first kappa shape index (κ1) is 32.3. The van der Waals surface area contributed by atoms with E-state index in [0.29, 0.717) is 76.6 Å². The van der Waals surface area contributed by atoms with E-state index in [-0.39, 0.29) is 22.8 Å². The number of hydrogen-bond donors (Lipinski definition) is 1. The Hall–Kier alpha value is -5.37. The Morgan fingerprint density at radius 3 is 2.62 bits per heavy atom. The molecule has 3 aliphatic heterocycles. The maximum atomic E-state index is 16.0. The van der Waals surface area contributed by atoms with Crippen molar-refractivity contribution in [2.45, 2.75) is 63.6 Å². The summed E-state index contributed by atoms with van der Waals surface area (Å²) >= 11 is 0. The molecule has 2 saturated heterocycles. The van der Waals surface area contributed by atoms with Crippen molar-refractivity contribution in [1.29, 1.82) is 0 Å². The summed E-state index contributed by atoms with van der Waals surface area (Å²) in [6.07, 6.45) is 6.80. The van der Waals surface area contributed by atoms with Crippen LogP contribution in [0, 0.1) is 11.6 Å². The summed E-state index contributed by atoms with van der Waals surface area (Å²) < 4.78 is 41.8. The zero-order valence-electron chi connectivity index (χ0n) is 29.9. The molecular weight excluding hydrogens is 680 g/mol. The normalized spacial score (nSPS) is 19.1. The smallest absolute Gasteiger partial charge is 0.319 e. The van der Waals surface area contributed by atoms with Gasteiger partial charge in [0.05, 0.1) is 46.1 Å². The Kier molecular flexibility index (Phi) is 7.05. The van der Waals surface area contributed by atoms with Crippen molar-refractivity contribution in [1.82, 2.24) is 39.2 Å². The molecule has 1 aliphatic carbocycles. The Labute approximate surface area is 303 Å². The molecule has 6 aromatic rings. The van der Waals surface area contributed by atoms with E-state index in [1.165, 1.54) is 23.1 Å². The first-order valence-electron chi connectivity index (χ1n) is 18.4. The fourth-order valence-corrected chi connectivity index (χ4v) is 9.59. The minimum atomic E-state index is -0.790. The molecule has 4 aliphatic rings. The number of aromatic nitrogens is 6. The number of phenols is 1. The van der Waals surface area contributed by atoms with Crippen molar-refractivity contribution < 1.29 is 23.4 Å². The number of aryl methyl sites for hydroxylation is 1. The molecule has 0 radical (unpaired) electrons. The Balaban J connectivity index is 1.22. The second kappa shape index (κ2) is 11.6. The van der Waals surface area contributed by atoms with E-state index in [4.69, 9.17) is 19.8 Å². The highest BCUT2D eigenvalue weighted by Gasteiger charge is 2.45. The number of fused-ring (bicyclic) bond motifs is 9. The van der Waals surface area contributed by atoms with Crippen LogP contribution in [-0.4, -0.2) is 96.1 Å². The molecule has 1 atom stereocenters.